The SMILES string of the molecule is CNCC1(CN(CCCOC)CCOC)CCCC1. The molecule has 0 aromatic heterocycles. The Morgan fingerprint density at radius 1 is 1.05 bits per heavy atom. The predicted molar refractivity (Wildman–Crippen MR) is 79.6 cm³/mol. The molecule has 1 aliphatic rings. The largest absolute Gasteiger partial charge is 0.385 e. The molecule has 0 heterocycles. The number of nitrogens with zero attached hydrogens (tertiary/aromatic N) is 1. The van der Waals surface area contributed by atoms with Crippen LogP contribution in [0.3, 0.4) is 0 Å². The van der Waals surface area contributed by atoms with Gasteiger partial charge in [-0.25, -0.2) is 0 Å². The van der Waals surface area contributed by atoms with Crippen LogP contribution in [0.1, 0.15) is 32.1 Å². The summed E-state index contributed by atoms with van der Waals surface area (Å²) >= 11 is 0. The number of ether oxygens (including phenoxy) is 2. The minimum absolute atomic E-state index is 0.482. The van der Waals surface area contributed by atoms with Gasteiger partial charge in [-0.1, -0.05) is 12.8 Å². The van der Waals surface area contributed by atoms with E-state index in [9.17, 15) is 0 Å². The van der Waals surface area contributed by atoms with Gasteiger partial charge in [0.2, 0.25) is 0 Å². The van der Waals surface area contributed by atoms with Crippen molar-refractivity contribution >= 4 is 0 Å². The Morgan fingerprint density at radius 2 is 1.74 bits per heavy atom. The van der Waals surface area contributed by atoms with Crippen molar-refractivity contribution in [3.8, 4) is 0 Å². The van der Waals surface area contributed by atoms with E-state index in [1.165, 1.54) is 32.2 Å². The highest BCUT2D eigenvalue weighted by molar-refractivity contribution is 4.89. The fourth-order valence-corrected chi connectivity index (χ4v) is 3.29. The van der Waals surface area contributed by atoms with E-state index in [-0.39, 0.29) is 0 Å². The van der Waals surface area contributed by atoms with E-state index in [0.717, 1.165) is 39.3 Å². The second-order valence-electron chi connectivity index (χ2n) is 5.85. The van der Waals surface area contributed by atoms with Gasteiger partial charge in [-0.2, -0.15) is 0 Å². The molecule has 0 saturated heterocycles. The lowest BCUT2D eigenvalue weighted by atomic mass is 9.85. The summed E-state index contributed by atoms with van der Waals surface area (Å²) in [6.07, 6.45) is 6.61. The monoisotopic (exact) mass is 272 g/mol. The van der Waals surface area contributed by atoms with Crippen LogP contribution in [-0.4, -0.2) is 65.6 Å². The minimum Gasteiger partial charge on any atom is -0.385 e. The van der Waals surface area contributed by atoms with Crippen LogP contribution in [0.25, 0.3) is 0 Å². The van der Waals surface area contributed by atoms with E-state index in [1.807, 2.05) is 0 Å². The standard InChI is InChI=1S/C15H32N2O2/c1-16-13-15(7-4-5-8-15)14-17(10-12-19-3)9-6-11-18-2/h16H,4-14H2,1-3H3. The van der Waals surface area contributed by atoms with E-state index in [4.69, 9.17) is 9.47 Å². The normalized spacial score (nSPS) is 18.3. The van der Waals surface area contributed by atoms with Crippen molar-refractivity contribution in [2.24, 2.45) is 5.41 Å². The van der Waals surface area contributed by atoms with Crippen molar-refractivity contribution in [1.82, 2.24) is 10.2 Å². The molecule has 1 fully saturated rings. The molecule has 4 nitrogen and oxygen atoms in total. The zero-order valence-corrected chi connectivity index (χ0v) is 13.0. The van der Waals surface area contributed by atoms with Crippen molar-refractivity contribution in [3.05, 3.63) is 0 Å². The summed E-state index contributed by atoms with van der Waals surface area (Å²) in [5.74, 6) is 0. The van der Waals surface area contributed by atoms with Crippen LogP contribution >= 0.6 is 0 Å². The Labute approximate surface area is 118 Å². The van der Waals surface area contributed by atoms with Gasteiger partial charge in [-0.15, -0.1) is 0 Å². The van der Waals surface area contributed by atoms with Crippen LogP contribution in [0.5, 0.6) is 0 Å². The molecule has 0 unspecified atom stereocenters. The van der Waals surface area contributed by atoms with Crippen molar-refractivity contribution in [2.75, 3.05) is 60.7 Å². The Bertz CT molecular complexity index is 218. The number of rotatable bonds is 11. The topological polar surface area (TPSA) is 33.7 Å². The highest BCUT2D eigenvalue weighted by atomic mass is 16.5. The smallest absolute Gasteiger partial charge is 0.0589 e. The van der Waals surface area contributed by atoms with Crippen molar-refractivity contribution in [2.45, 2.75) is 32.1 Å². The third kappa shape index (κ3) is 6.21. The molecule has 1 N–H and O–H groups in total. The molecular formula is C15H32N2O2. The van der Waals surface area contributed by atoms with Crippen molar-refractivity contribution < 1.29 is 9.47 Å². The van der Waals surface area contributed by atoms with Gasteiger partial charge in [0.25, 0.3) is 0 Å². The fraction of sp³-hybridized carbons (Fsp3) is 1.00. The minimum atomic E-state index is 0.482. The maximum absolute atomic E-state index is 5.25. The zero-order chi connectivity index (χ0) is 14.0. The average Bonchev–Trinajstić information content (AvgIpc) is 2.85. The molecule has 0 spiro atoms. The Kier molecular flexibility index (Phi) is 8.62. The first-order valence-electron chi connectivity index (χ1n) is 7.61. The quantitative estimate of drug-likeness (QED) is 0.581. The summed E-state index contributed by atoms with van der Waals surface area (Å²) in [5, 5.41) is 3.40. The van der Waals surface area contributed by atoms with E-state index >= 15 is 0 Å². The molecule has 0 atom stereocenters. The number of methoxy groups -OCH3 is 2. The highest BCUT2D eigenvalue weighted by Gasteiger charge is 2.34. The van der Waals surface area contributed by atoms with Crippen LogP contribution in [-0.2, 0) is 9.47 Å². The summed E-state index contributed by atoms with van der Waals surface area (Å²) < 4.78 is 10.4. The van der Waals surface area contributed by atoms with Crippen LogP contribution in [0.2, 0.25) is 0 Å². The Balaban J connectivity index is 2.47. The lowest BCUT2D eigenvalue weighted by molar-refractivity contribution is 0.0959. The summed E-state index contributed by atoms with van der Waals surface area (Å²) in [5.41, 5.74) is 0.482. The maximum atomic E-state index is 5.25. The summed E-state index contributed by atoms with van der Waals surface area (Å²) in [6, 6.07) is 0. The molecular weight excluding hydrogens is 240 g/mol. The first kappa shape index (κ1) is 16.9. The maximum Gasteiger partial charge on any atom is 0.0589 e. The molecule has 1 saturated carbocycles. The summed E-state index contributed by atoms with van der Waals surface area (Å²) in [4.78, 5) is 2.56. The van der Waals surface area contributed by atoms with Gasteiger partial charge in [0.1, 0.15) is 0 Å². The first-order chi connectivity index (χ1) is 9.26. The van der Waals surface area contributed by atoms with Gasteiger partial charge in [0.15, 0.2) is 0 Å². The van der Waals surface area contributed by atoms with E-state index in [0.29, 0.717) is 5.41 Å². The molecule has 0 aromatic carbocycles. The molecule has 4 heteroatoms. The van der Waals surface area contributed by atoms with Crippen molar-refractivity contribution in [3.63, 3.8) is 0 Å². The van der Waals surface area contributed by atoms with E-state index in [2.05, 4.69) is 17.3 Å². The third-order valence-electron chi connectivity index (χ3n) is 4.21. The molecule has 0 amide bonds. The molecule has 0 aliphatic heterocycles. The van der Waals surface area contributed by atoms with Gasteiger partial charge in [-0.3, -0.25) is 0 Å². The molecule has 1 rings (SSSR count). The zero-order valence-electron chi connectivity index (χ0n) is 13.0. The number of hydrogen-bond donors (Lipinski definition) is 1. The molecule has 114 valence electrons. The van der Waals surface area contributed by atoms with Gasteiger partial charge in [0.05, 0.1) is 6.61 Å². The fourth-order valence-electron chi connectivity index (χ4n) is 3.29. The average molecular weight is 272 g/mol. The Hall–Kier alpha value is -0.160. The van der Waals surface area contributed by atoms with Crippen LogP contribution < -0.4 is 5.32 Å². The second-order valence-corrected chi connectivity index (χ2v) is 5.85. The first-order valence-corrected chi connectivity index (χ1v) is 7.61. The molecule has 0 radical (unpaired) electrons. The van der Waals surface area contributed by atoms with Crippen LogP contribution in [0.4, 0.5) is 0 Å². The Morgan fingerprint density at radius 3 is 2.32 bits per heavy atom. The molecule has 1 aliphatic carbocycles. The third-order valence-corrected chi connectivity index (χ3v) is 4.21. The highest BCUT2D eigenvalue weighted by Crippen LogP contribution is 2.38. The van der Waals surface area contributed by atoms with Gasteiger partial charge < -0.3 is 19.7 Å². The van der Waals surface area contributed by atoms with Crippen LogP contribution in [0, 0.1) is 5.41 Å². The second kappa shape index (κ2) is 9.70. The van der Waals surface area contributed by atoms with Gasteiger partial charge >= 0.3 is 0 Å². The summed E-state index contributed by atoms with van der Waals surface area (Å²) in [6.45, 7) is 6.15. The van der Waals surface area contributed by atoms with Gasteiger partial charge in [0, 0.05) is 47.0 Å². The lowest BCUT2D eigenvalue weighted by Crippen LogP contribution is -2.43. The molecule has 19 heavy (non-hydrogen) atoms. The van der Waals surface area contributed by atoms with E-state index < -0.39 is 0 Å². The number of hydrogen-bond acceptors (Lipinski definition) is 4. The van der Waals surface area contributed by atoms with Gasteiger partial charge in [-0.05, 0) is 31.7 Å². The predicted octanol–water partition coefficient (Wildman–Crippen LogP) is 1.75. The van der Waals surface area contributed by atoms with Crippen LogP contribution in [0.15, 0.2) is 0 Å². The summed E-state index contributed by atoms with van der Waals surface area (Å²) in [7, 11) is 5.63. The van der Waals surface area contributed by atoms with Crippen molar-refractivity contribution in [1.29, 1.82) is 0 Å². The molecule has 0 aromatic rings. The lowest BCUT2D eigenvalue weighted by Gasteiger charge is -2.35. The van der Waals surface area contributed by atoms with E-state index in [1.54, 1.807) is 14.2 Å². The molecule has 0 bridgehead atoms. The number of nitrogens with one attached hydrogen (secondary N) is 1.